The molecule has 1 aromatic heterocycles. The normalized spacial score (nSPS) is 10.6. The molecule has 0 atom stereocenters. The third kappa shape index (κ3) is 5.10. The SMILES string of the molecule is Cc1nc(OCCCc2ccccc2)c(C)c(C)c1OCc1ccccc1. The average molecular weight is 361 g/mol. The highest BCUT2D eigenvalue weighted by atomic mass is 16.5. The molecule has 0 saturated heterocycles. The van der Waals surface area contributed by atoms with Crippen LogP contribution in [0.15, 0.2) is 60.7 Å². The van der Waals surface area contributed by atoms with E-state index in [0.717, 1.165) is 41.0 Å². The van der Waals surface area contributed by atoms with Crippen molar-refractivity contribution in [1.29, 1.82) is 0 Å². The molecule has 0 saturated carbocycles. The number of aryl methyl sites for hydroxylation is 2. The van der Waals surface area contributed by atoms with Gasteiger partial charge in [0.05, 0.1) is 12.3 Å². The number of aromatic nitrogens is 1. The fourth-order valence-electron chi connectivity index (χ4n) is 3.06. The molecule has 27 heavy (non-hydrogen) atoms. The fourth-order valence-corrected chi connectivity index (χ4v) is 3.06. The van der Waals surface area contributed by atoms with Crippen LogP contribution >= 0.6 is 0 Å². The predicted octanol–water partition coefficient (Wildman–Crippen LogP) is 5.60. The van der Waals surface area contributed by atoms with Crippen LogP contribution in [-0.2, 0) is 13.0 Å². The lowest BCUT2D eigenvalue weighted by Crippen LogP contribution is -2.07. The van der Waals surface area contributed by atoms with E-state index >= 15 is 0 Å². The molecule has 0 bridgehead atoms. The molecule has 140 valence electrons. The number of pyridine rings is 1. The molecule has 0 N–H and O–H groups in total. The standard InChI is InChI=1S/C24H27NO2/c1-18-19(2)24(26-16-10-15-21-11-6-4-7-12-21)25-20(3)23(18)27-17-22-13-8-5-9-14-22/h4-9,11-14H,10,15-17H2,1-3H3. The molecule has 3 rings (SSSR count). The molecule has 3 heteroatoms. The Balaban J connectivity index is 1.60. The first-order valence-electron chi connectivity index (χ1n) is 9.46. The number of nitrogens with zero attached hydrogens (tertiary/aromatic N) is 1. The van der Waals surface area contributed by atoms with Crippen molar-refractivity contribution in [3.63, 3.8) is 0 Å². The molecule has 1 heterocycles. The lowest BCUT2D eigenvalue weighted by atomic mass is 10.1. The van der Waals surface area contributed by atoms with E-state index in [1.165, 1.54) is 5.56 Å². The molecule has 2 aromatic carbocycles. The Morgan fingerprint density at radius 2 is 1.37 bits per heavy atom. The highest BCUT2D eigenvalue weighted by Crippen LogP contribution is 2.31. The smallest absolute Gasteiger partial charge is 0.216 e. The first-order chi connectivity index (χ1) is 13.1. The minimum atomic E-state index is 0.543. The van der Waals surface area contributed by atoms with Crippen molar-refractivity contribution in [3.05, 3.63) is 88.6 Å². The van der Waals surface area contributed by atoms with Crippen molar-refractivity contribution in [2.75, 3.05) is 6.61 Å². The Morgan fingerprint density at radius 1 is 0.741 bits per heavy atom. The van der Waals surface area contributed by atoms with Crippen LogP contribution in [0.4, 0.5) is 0 Å². The molecule has 0 radical (unpaired) electrons. The van der Waals surface area contributed by atoms with Gasteiger partial charge in [-0.2, -0.15) is 0 Å². The van der Waals surface area contributed by atoms with Crippen molar-refractivity contribution in [3.8, 4) is 11.6 Å². The second-order valence-electron chi connectivity index (χ2n) is 6.79. The number of benzene rings is 2. The molecular formula is C24H27NO2. The first kappa shape index (κ1) is 19.0. The molecule has 3 aromatic rings. The molecule has 0 aliphatic carbocycles. The van der Waals surface area contributed by atoms with E-state index in [1.54, 1.807) is 0 Å². The third-order valence-corrected chi connectivity index (χ3v) is 4.74. The second-order valence-corrected chi connectivity index (χ2v) is 6.79. The van der Waals surface area contributed by atoms with Gasteiger partial charge in [-0.15, -0.1) is 0 Å². The molecule has 0 aliphatic rings. The van der Waals surface area contributed by atoms with E-state index in [0.29, 0.717) is 19.1 Å². The van der Waals surface area contributed by atoms with Crippen LogP contribution in [0.3, 0.4) is 0 Å². The summed E-state index contributed by atoms with van der Waals surface area (Å²) in [6, 6.07) is 20.7. The Kier molecular flexibility index (Phi) is 6.48. The van der Waals surface area contributed by atoms with Crippen LogP contribution in [0, 0.1) is 20.8 Å². The highest BCUT2D eigenvalue weighted by Gasteiger charge is 2.14. The van der Waals surface area contributed by atoms with E-state index < -0.39 is 0 Å². The fraction of sp³-hybridized carbons (Fsp3) is 0.292. The molecule has 0 fully saturated rings. The largest absolute Gasteiger partial charge is 0.487 e. The Bertz CT molecular complexity index is 861. The van der Waals surface area contributed by atoms with Crippen molar-refractivity contribution < 1.29 is 9.47 Å². The van der Waals surface area contributed by atoms with Gasteiger partial charge in [-0.05, 0) is 44.7 Å². The molecule has 3 nitrogen and oxygen atoms in total. The van der Waals surface area contributed by atoms with Crippen LogP contribution in [0.1, 0.15) is 34.4 Å². The van der Waals surface area contributed by atoms with Crippen molar-refractivity contribution in [1.82, 2.24) is 4.98 Å². The van der Waals surface area contributed by atoms with Crippen LogP contribution in [0.25, 0.3) is 0 Å². The maximum atomic E-state index is 6.05. The van der Waals surface area contributed by atoms with Crippen LogP contribution in [0.5, 0.6) is 11.6 Å². The zero-order chi connectivity index (χ0) is 19.1. The molecule has 0 unspecified atom stereocenters. The van der Waals surface area contributed by atoms with Gasteiger partial charge in [0.15, 0.2) is 0 Å². The second kappa shape index (κ2) is 9.22. The number of hydrogen-bond donors (Lipinski definition) is 0. The minimum absolute atomic E-state index is 0.543. The number of hydrogen-bond acceptors (Lipinski definition) is 3. The predicted molar refractivity (Wildman–Crippen MR) is 109 cm³/mol. The summed E-state index contributed by atoms with van der Waals surface area (Å²) in [7, 11) is 0. The highest BCUT2D eigenvalue weighted by molar-refractivity contribution is 5.46. The van der Waals surface area contributed by atoms with Crippen LogP contribution < -0.4 is 9.47 Å². The first-order valence-corrected chi connectivity index (χ1v) is 9.46. The van der Waals surface area contributed by atoms with Gasteiger partial charge < -0.3 is 9.47 Å². The summed E-state index contributed by atoms with van der Waals surface area (Å²) in [5, 5.41) is 0. The van der Waals surface area contributed by atoms with Gasteiger partial charge in [0.2, 0.25) is 5.88 Å². The van der Waals surface area contributed by atoms with Crippen LogP contribution in [-0.4, -0.2) is 11.6 Å². The minimum Gasteiger partial charge on any atom is -0.487 e. The van der Waals surface area contributed by atoms with Gasteiger partial charge in [-0.1, -0.05) is 60.7 Å². The van der Waals surface area contributed by atoms with E-state index in [1.807, 2.05) is 38.1 Å². The zero-order valence-corrected chi connectivity index (χ0v) is 16.4. The summed E-state index contributed by atoms with van der Waals surface area (Å²) in [5.41, 5.74) is 5.49. The van der Waals surface area contributed by atoms with Crippen LogP contribution in [0.2, 0.25) is 0 Å². The topological polar surface area (TPSA) is 31.4 Å². The summed E-state index contributed by atoms with van der Waals surface area (Å²) in [6.07, 6.45) is 1.98. The Hall–Kier alpha value is -2.81. The molecule has 0 spiro atoms. The molecule has 0 aliphatic heterocycles. The Labute approximate surface area is 162 Å². The lowest BCUT2D eigenvalue weighted by molar-refractivity contribution is 0.284. The van der Waals surface area contributed by atoms with E-state index in [4.69, 9.17) is 9.47 Å². The summed E-state index contributed by atoms with van der Waals surface area (Å²) >= 11 is 0. The molecular weight excluding hydrogens is 334 g/mol. The van der Waals surface area contributed by atoms with Gasteiger partial charge in [0.1, 0.15) is 12.4 Å². The lowest BCUT2D eigenvalue weighted by Gasteiger charge is -2.17. The van der Waals surface area contributed by atoms with E-state index in [-0.39, 0.29) is 0 Å². The van der Waals surface area contributed by atoms with Gasteiger partial charge in [0, 0.05) is 11.1 Å². The van der Waals surface area contributed by atoms with Gasteiger partial charge in [0.25, 0.3) is 0 Å². The van der Waals surface area contributed by atoms with Crippen molar-refractivity contribution >= 4 is 0 Å². The van der Waals surface area contributed by atoms with E-state index in [2.05, 4.69) is 48.3 Å². The molecule has 0 amide bonds. The quantitative estimate of drug-likeness (QED) is 0.490. The number of ether oxygens (including phenoxy) is 2. The number of rotatable bonds is 8. The Morgan fingerprint density at radius 3 is 2.04 bits per heavy atom. The summed E-state index contributed by atoms with van der Waals surface area (Å²) < 4.78 is 12.0. The van der Waals surface area contributed by atoms with Crippen molar-refractivity contribution in [2.45, 2.75) is 40.2 Å². The van der Waals surface area contributed by atoms with Gasteiger partial charge >= 0.3 is 0 Å². The third-order valence-electron chi connectivity index (χ3n) is 4.74. The monoisotopic (exact) mass is 361 g/mol. The summed E-state index contributed by atoms with van der Waals surface area (Å²) in [4.78, 5) is 4.64. The zero-order valence-electron chi connectivity index (χ0n) is 16.4. The van der Waals surface area contributed by atoms with Crippen molar-refractivity contribution in [2.24, 2.45) is 0 Å². The van der Waals surface area contributed by atoms with Gasteiger partial charge in [-0.3, -0.25) is 0 Å². The average Bonchev–Trinajstić information content (AvgIpc) is 2.70. The summed E-state index contributed by atoms with van der Waals surface area (Å²) in [6.45, 7) is 7.29. The maximum absolute atomic E-state index is 6.05. The van der Waals surface area contributed by atoms with Gasteiger partial charge in [-0.25, -0.2) is 4.98 Å². The summed E-state index contributed by atoms with van der Waals surface area (Å²) in [5.74, 6) is 1.57. The van der Waals surface area contributed by atoms with E-state index in [9.17, 15) is 0 Å². The maximum Gasteiger partial charge on any atom is 0.216 e.